The Hall–Kier alpha value is -4.15. The van der Waals surface area contributed by atoms with Gasteiger partial charge in [0.1, 0.15) is 11.6 Å². The van der Waals surface area contributed by atoms with Crippen molar-refractivity contribution in [1.29, 1.82) is 0 Å². The largest absolute Gasteiger partial charge is 2.00 e. The number of rotatable bonds is 8. The number of aryl methyl sites for hydroxylation is 2. The number of allylic oxidation sites excluding steroid dienone is 2. The summed E-state index contributed by atoms with van der Waals surface area (Å²) in [6.45, 7) is 13.5. The molecule has 0 fully saturated rings. The number of nitrogens with zero attached hydrogens (tertiary/aromatic N) is 4. The molecule has 3 aromatic carbocycles. The fourth-order valence-corrected chi connectivity index (χ4v) is 7.77. The molecule has 6 nitrogen and oxygen atoms in total. The third-order valence-corrected chi connectivity index (χ3v) is 9.62. The Kier molecular flexibility index (Phi) is 9.67. The van der Waals surface area contributed by atoms with E-state index in [1.54, 1.807) is 13.3 Å². The van der Waals surface area contributed by atoms with Crippen molar-refractivity contribution in [2.24, 2.45) is 11.8 Å². The average molecular weight is 818 g/mol. The SMILES string of the molecule is CCCc1cc(Oc2[c-]c3c(cc2)c2ccccc2n3-c2cc(OC)ccn2)[c-]c(-n2nc(C)c(C3C(C)=C[C@H](C)C[C@@H]3C)c2C)c1.[Pt+2]. The van der Waals surface area contributed by atoms with E-state index in [0.29, 0.717) is 29.3 Å². The maximum atomic E-state index is 6.59. The summed E-state index contributed by atoms with van der Waals surface area (Å²) in [6, 6.07) is 27.7. The van der Waals surface area contributed by atoms with Gasteiger partial charge in [-0.15, -0.1) is 35.7 Å². The number of hydrogen-bond acceptors (Lipinski definition) is 4. The molecule has 0 radical (unpaired) electrons. The number of para-hydroxylation sites is 1. The van der Waals surface area contributed by atoms with Crippen molar-refractivity contribution in [3.05, 3.63) is 113 Å². The summed E-state index contributed by atoms with van der Waals surface area (Å²) >= 11 is 0. The predicted octanol–water partition coefficient (Wildman–Crippen LogP) is 10.0. The molecule has 3 aromatic heterocycles. The van der Waals surface area contributed by atoms with Gasteiger partial charge in [0, 0.05) is 46.5 Å². The van der Waals surface area contributed by atoms with E-state index < -0.39 is 0 Å². The van der Waals surface area contributed by atoms with Crippen LogP contribution < -0.4 is 9.47 Å². The standard InChI is InChI=1S/C41H42N4O2.Pt/c1-8-11-30-20-31(45-29(6)41(28(5)43-45)40-26(3)18-25(2)19-27(40)4)22-34(21-30)47-33-14-15-36-35-12-9-10-13-37(35)44(38(36)23-33)39-24-32(46-7)16-17-42-39;/h9-10,12-18,20-21,24-25,27,40H,8,11,19H2,1-7H3;/q-2;+2/t25-,27-,40?;/m0./s1. The number of pyridine rings is 1. The summed E-state index contributed by atoms with van der Waals surface area (Å²) in [4.78, 5) is 4.69. The minimum absolute atomic E-state index is 0. The molecule has 1 unspecified atom stereocenters. The molecule has 48 heavy (non-hydrogen) atoms. The zero-order chi connectivity index (χ0) is 32.8. The van der Waals surface area contributed by atoms with Crippen LogP contribution in [-0.2, 0) is 27.5 Å². The summed E-state index contributed by atoms with van der Waals surface area (Å²) < 4.78 is 16.3. The van der Waals surface area contributed by atoms with Gasteiger partial charge in [0.15, 0.2) is 0 Å². The van der Waals surface area contributed by atoms with E-state index in [9.17, 15) is 0 Å². The first kappa shape index (κ1) is 33.7. The molecule has 3 heterocycles. The van der Waals surface area contributed by atoms with Gasteiger partial charge in [-0.1, -0.05) is 69.0 Å². The Labute approximate surface area is 298 Å². The van der Waals surface area contributed by atoms with Gasteiger partial charge in [-0.05, 0) is 62.2 Å². The second-order valence-corrected chi connectivity index (χ2v) is 13.2. The fourth-order valence-electron chi connectivity index (χ4n) is 7.77. The topological polar surface area (TPSA) is 54.1 Å². The van der Waals surface area contributed by atoms with E-state index in [1.165, 1.54) is 28.8 Å². The van der Waals surface area contributed by atoms with Crippen LogP contribution in [-0.4, -0.2) is 26.4 Å². The molecule has 1 aliphatic carbocycles. The van der Waals surface area contributed by atoms with Crippen LogP contribution in [0.1, 0.15) is 69.0 Å². The van der Waals surface area contributed by atoms with Crippen LogP contribution in [0, 0.1) is 37.8 Å². The van der Waals surface area contributed by atoms with Gasteiger partial charge >= 0.3 is 21.1 Å². The Morgan fingerprint density at radius 3 is 2.52 bits per heavy atom. The Morgan fingerprint density at radius 2 is 1.75 bits per heavy atom. The van der Waals surface area contributed by atoms with Crippen LogP contribution >= 0.6 is 0 Å². The number of ether oxygens (including phenoxy) is 2. The molecule has 7 rings (SSSR count). The Bertz CT molecular complexity index is 2140. The molecule has 0 spiro atoms. The van der Waals surface area contributed by atoms with Crippen LogP contribution in [0.5, 0.6) is 17.2 Å². The van der Waals surface area contributed by atoms with Crippen molar-refractivity contribution in [2.45, 2.75) is 66.7 Å². The Morgan fingerprint density at radius 1 is 0.938 bits per heavy atom. The number of fused-ring (bicyclic) bond motifs is 3. The molecular weight excluding hydrogens is 776 g/mol. The molecule has 248 valence electrons. The fraction of sp³-hybridized carbons (Fsp3) is 0.317. The molecule has 0 saturated carbocycles. The van der Waals surface area contributed by atoms with Gasteiger partial charge in [-0.3, -0.25) is 4.68 Å². The first-order valence-corrected chi connectivity index (χ1v) is 16.7. The minimum Gasteiger partial charge on any atom is -0.509 e. The molecule has 7 heteroatoms. The van der Waals surface area contributed by atoms with Crippen molar-refractivity contribution in [3.63, 3.8) is 0 Å². The van der Waals surface area contributed by atoms with E-state index in [0.717, 1.165) is 57.6 Å². The molecule has 0 N–H and O–H groups in total. The molecular formula is C41H42N4O2Pt. The number of aromatic nitrogens is 4. The minimum atomic E-state index is 0. The summed E-state index contributed by atoms with van der Waals surface area (Å²) in [7, 11) is 1.67. The molecule has 0 aliphatic heterocycles. The summed E-state index contributed by atoms with van der Waals surface area (Å²) in [5.41, 5.74) is 9.05. The quantitative estimate of drug-likeness (QED) is 0.113. The van der Waals surface area contributed by atoms with Gasteiger partial charge in [0.05, 0.1) is 12.8 Å². The summed E-state index contributed by atoms with van der Waals surface area (Å²) in [5.74, 6) is 4.31. The third kappa shape index (κ3) is 6.12. The van der Waals surface area contributed by atoms with E-state index in [-0.39, 0.29) is 21.1 Å². The van der Waals surface area contributed by atoms with Crippen LogP contribution in [0.2, 0.25) is 0 Å². The van der Waals surface area contributed by atoms with Crippen molar-refractivity contribution >= 4 is 21.8 Å². The second kappa shape index (κ2) is 13.8. The Balaban J connectivity index is 0.00000401. The van der Waals surface area contributed by atoms with Gasteiger partial charge in [0.25, 0.3) is 0 Å². The van der Waals surface area contributed by atoms with Crippen molar-refractivity contribution in [2.75, 3.05) is 7.11 Å². The maximum Gasteiger partial charge on any atom is 2.00 e. The van der Waals surface area contributed by atoms with Gasteiger partial charge in [-0.2, -0.15) is 16.7 Å². The van der Waals surface area contributed by atoms with Crippen LogP contribution in [0.15, 0.2) is 78.5 Å². The zero-order valence-electron chi connectivity index (χ0n) is 28.7. The van der Waals surface area contributed by atoms with E-state index in [4.69, 9.17) is 14.6 Å². The first-order chi connectivity index (χ1) is 22.7. The smallest absolute Gasteiger partial charge is 0.509 e. The van der Waals surface area contributed by atoms with Gasteiger partial charge in [-0.25, -0.2) is 4.98 Å². The molecule has 0 bridgehead atoms. The summed E-state index contributed by atoms with van der Waals surface area (Å²) in [5, 5.41) is 7.29. The number of hydrogen-bond donors (Lipinski definition) is 0. The van der Waals surface area contributed by atoms with Crippen molar-refractivity contribution in [1.82, 2.24) is 19.3 Å². The predicted molar refractivity (Wildman–Crippen MR) is 189 cm³/mol. The monoisotopic (exact) mass is 817 g/mol. The van der Waals surface area contributed by atoms with Gasteiger partial charge < -0.3 is 14.0 Å². The van der Waals surface area contributed by atoms with Crippen LogP contribution in [0.25, 0.3) is 33.3 Å². The average Bonchev–Trinajstić information content (AvgIpc) is 3.53. The third-order valence-electron chi connectivity index (χ3n) is 9.62. The molecule has 0 saturated heterocycles. The van der Waals surface area contributed by atoms with E-state index in [2.05, 4.69) is 110 Å². The van der Waals surface area contributed by atoms with Crippen molar-refractivity contribution in [3.8, 4) is 28.8 Å². The van der Waals surface area contributed by atoms with Crippen molar-refractivity contribution < 1.29 is 30.5 Å². The summed E-state index contributed by atoms with van der Waals surface area (Å²) in [6.07, 6.45) is 7.36. The number of benzene rings is 3. The van der Waals surface area contributed by atoms with Gasteiger partial charge in [0.2, 0.25) is 0 Å². The number of methoxy groups -OCH3 is 1. The normalized spacial score (nSPS) is 17.7. The molecule has 3 atom stereocenters. The maximum absolute atomic E-state index is 6.59. The molecule has 0 amide bonds. The van der Waals surface area contributed by atoms with Crippen LogP contribution in [0.3, 0.4) is 0 Å². The molecule has 6 aromatic rings. The van der Waals surface area contributed by atoms with E-state index >= 15 is 0 Å². The van der Waals surface area contributed by atoms with E-state index in [1.807, 2.05) is 24.3 Å². The first-order valence-electron chi connectivity index (χ1n) is 16.7. The zero-order valence-corrected chi connectivity index (χ0v) is 31.0. The molecule has 1 aliphatic rings. The van der Waals surface area contributed by atoms with Crippen LogP contribution in [0.4, 0.5) is 0 Å². The second-order valence-electron chi connectivity index (χ2n) is 13.2.